The average Bonchev–Trinajstić information content (AvgIpc) is 3.03. The van der Waals surface area contributed by atoms with Crippen LogP contribution in [0.4, 0.5) is 5.69 Å². The second-order valence-electron chi connectivity index (χ2n) is 6.20. The monoisotopic (exact) mass is 358 g/mol. The Balaban J connectivity index is 1.71. The molecule has 4 rings (SSSR count). The molecule has 0 atom stereocenters. The van der Waals surface area contributed by atoms with Gasteiger partial charge in [-0.3, -0.25) is 10.1 Å². The van der Waals surface area contributed by atoms with Gasteiger partial charge in [-0.25, -0.2) is 9.79 Å². The third kappa shape index (κ3) is 3.20. The molecule has 132 valence electrons. The Morgan fingerprint density at radius 1 is 1.04 bits per heavy atom. The van der Waals surface area contributed by atoms with Gasteiger partial charge in [0.1, 0.15) is 0 Å². The normalized spacial score (nSPS) is 15.1. The van der Waals surface area contributed by atoms with Crippen molar-refractivity contribution in [3.05, 3.63) is 93.2 Å². The van der Waals surface area contributed by atoms with Crippen molar-refractivity contribution in [3.8, 4) is 0 Å². The number of fused-ring (bicyclic) bond motifs is 1. The highest BCUT2D eigenvalue weighted by atomic mass is 16.6. The van der Waals surface area contributed by atoms with Crippen LogP contribution in [0.2, 0.25) is 0 Å². The third-order valence-electron chi connectivity index (χ3n) is 4.35. The van der Waals surface area contributed by atoms with Gasteiger partial charge in [0.25, 0.3) is 5.69 Å². The van der Waals surface area contributed by atoms with Crippen LogP contribution in [0.15, 0.2) is 71.4 Å². The lowest BCUT2D eigenvalue weighted by Gasteiger charge is -2.02. The van der Waals surface area contributed by atoms with Gasteiger partial charge in [-0.2, -0.15) is 0 Å². The first-order valence-corrected chi connectivity index (χ1v) is 8.28. The highest BCUT2D eigenvalue weighted by Crippen LogP contribution is 2.24. The van der Waals surface area contributed by atoms with Gasteiger partial charge in [0.2, 0.25) is 5.90 Å². The number of hydrogen-bond donors (Lipinski definition) is 0. The van der Waals surface area contributed by atoms with Gasteiger partial charge in [-0.05, 0) is 41.5 Å². The van der Waals surface area contributed by atoms with Crippen LogP contribution in [0.1, 0.15) is 16.7 Å². The van der Waals surface area contributed by atoms with E-state index in [-0.39, 0.29) is 17.3 Å². The predicted molar refractivity (Wildman–Crippen MR) is 102 cm³/mol. The molecular formula is C21H14N2O4. The predicted octanol–water partition coefficient (Wildman–Crippen LogP) is 4.40. The molecule has 0 radical (unpaired) electrons. The van der Waals surface area contributed by atoms with Gasteiger partial charge in [-0.1, -0.05) is 42.5 Å². The zero-order valence-electron chi connectivity index (χ0n) is 14.4. The van der Waals surface area contributed by atoms with Gasteiger partial charge >= 0.3 is 5.97 Å². The quantitative estimate of drug-likeness (QED) is 0.301. The van der Waals surface area contributed by atoms with Gasteiger partial charge in [0.15, 0.2) is 5.70 Å². The number of esters is 1. The van der Waals surface area contributed by atoms with Crippen LogP contribution in [0, 0.1) is 17.0 Å². The maximum atomic E-state index is 12.2. The van der Waals surface area contributed by atoms with E-state index in [0.717, 1.165) is 10.8 Å². The summed E-state index contributed by atoms with van der Waals surface area (Å²) in [7, 11) is 0. The minimum atomic E-state index is -0.582. The fraction of sp³-hybridized carbons (Fsp3) is 0.0476. The molecule has 0 aromatic heterocycles. The Morgan fingerprint density at radius 2 is 1.81 bits per heavy atom. The molecule has 3 aromatic carbocycles. The third-order valence-corrected chi connectivity index (χ3v) is 4.35. The number of aryl methyl sites for hydroxylation is 1. The van der Waals surface area contributed by atoms with Gasteiger partial charge < -0.3 is 4.74 Å². The zero-order chi connectivity index (χ0) is 19.0. The first kappa shape index (κ1) is 16.7. The van der Waals surface area contributed by atoms with Crippen LogP contribution in [-0.2, 0) is 9.53 Å². The van der Waals surface area contributed by atoms with Crippen LogP contribution in [0.5, 0.6) is 0 Å². The molecule has 0 aliphatic carbocycles. The number of benzene rings is 3. The molecule has 0 amide bonds. The van der Waals surface area contributed by atoms with Crippen LogP contribution in [0.25, 0.3) is 16.8 Å². The first-order chi connectivity index (χ1) is 13.0. The number of carbonyl (C=O) groups is 1. The van der Waals surface area contributed by atoms with E-state index < -0.39 is 10.9 Å². The van der Waals surface area contributed by atoms with E-state index in [1.807, 2.05) is 42.5 Å². The number of rotatable bonds is 3. The SMILES string of the molecule is Cc1ccc(/C=C2\N=C(c3ccc4ccccc4c3)OC2=O)cc1[N+](=O)[O-]. The van der Waals surface area contributed by atoms with Gasteiger partial charge in [-0.15, -0.1) is 0 Å². The van der Waals surface area contributed by atoms with E-state index >= 15 is 0 Å². The summed E-state index contributed by atoms with van der Waals surface area (Å²) in [6.45, 7) is 1.66. The van der Waals surface area contributed by atoms with E-state index in [0.29, 0.717) is 16.7 Å². The van der Waals surface area contributed by atoms with E-state index in [9.17, 15) is 14.9 Å². The van der Waals surface area contributed by atoms with Crippen molar-refractivity contribution in [2.24, 2.45) is 4.99 Å². The Labute approximate surface area is 154 Å². The summed E-state index contributed by atoms with van der Waals surface area (Å²) in [5, 5.41) is 13.2. The lowest BCUT2D eigenvalue weighted by molar-refractivity contribution is -0.385. The molecule has 1 heterocycles. The summed E-state index contributed by atoms with van der Waals surface area (Å²) in [4.78, 5) is 27.1. The Hall–Kier alpha value is -3.80. The molecule has 6 heteroatoms. The molecule has 0 saturated heterocycles. The summed E-state index contributed by atoms with van der Waals surface area (Å²) in [6.07, 6.45) is 1.49. The number of carbonyl (C=O) groups excluding carboxylic acids is 1. The number of nitro groups is 1. The molecule has 27 heavy (non-hydrogen) atoms. The molecule has 0 unspecified atom stereocenters. The molecule has 0 saturated carbocycles. The summed E-state index contributed by atoms with van der Waals surface area (Å²) >= 11 is 0. The number of cyclic esters (lactones) is 1. The minimum absolute atomic E-state index is 0.00514. The van der Waals surface area contributed by atoms with E-state index in [4.69, 9.17) is 4.74 Å². The van der Waals surface area contributed by atoms with Crippen molar-refractivity contribution in [2.45, 2.75) is 6.92 Å². The molecule has 1 aliphatic rings. The number of nitrogens with zero attached hydrogens (tertiary/aromatic N) is 2. The highest BCUT2D eigenvalue weighted by molar-refractivity contribution is 6.13. The molecular weight excluding hydrogens is 344 g/mol. The molecule has 0 spiro atoms. The second kappa shape index (κ2) is 6.49. The Bertz CT molecular complexity index is 1160. The number of ether oxygens (including phenoxy) is 1. The molecule has 0 N–H and O–H groups in total. The Morgan fingerprint density at radius 3 is 2.59 bits per heavy atom. The first-order valence-electron chi connectivity index (χ1n) is 8.28. The maximum Gasteiger partial charge on any atom is 0.363 e. The number of nitro benzene ring substituents is 1. The van der Waals surface area contributed by atoms with Crippen molar-refractivity contribution in [2.75, 3.05) is 0 Å². The second-order valence-corrected chi connectivity index (χ2v) is 6.20. The standard InChI is InChI=1S/C21H14N2O4/c1-13-6-7-14(11-19(13)23(25)26)10-18-21(24)27-20(22-18)17-9-8-15-4-2-3-5-16(15)12-17/h2-12H,1H3/b18-10-. The highest BCUT2D eigenvalue weighted by Gasteiger charge is 2.24. The fourth-order valence-corrected chi connectivity index (χ4v) is 2.93. The van der Waals surface area contributed by atoms with Crippen molar-refractivity contribution in [1.82, 2.24) is 0 Å². The van der Waals surface area contributed by atoms with Crippen molar-refractivity contribution < 1.29 is 14.5 Å². The summed E-state index contributed by atoms with van der Waals surface area (Å²) < 4.78 is 5.29. The van der Waals surface area contributed by atoms with Crippen LogP contribution in [0.3, 0.4) is 0 Å². The van der Waals surface area contributed by atoms with Crippen molar-refractivity contribution >= 4 is 34.4 Å². The minimum Gasteiger partial charge on any atom is -0.402 e. The summed E-state index contributed by atoms with van der Waals surface area (Å²) in [5.74, 6) is -0.361. The largest absolute Gasteiger partial charge is 0.402 e. The van der Waals surface area contributed by atoms with Crippen LogP contribution in [-0.4, -0.2) is 16.8 Å². The topological polar surface area (TPSA) is 81.8 Å². The lowest BCUT2D eigenvalue weighted by Crippen LogP contribution is -2.05. The van der Waals surface area contributed by atoms with Gasteiger partial charge in [0.05, 0.1) is 4.92 Å². The molecule has 0 bridgehead atoms. The summed E-state index contributed by atoms with van der Waals surface area (Å²) in [5.41, 5.74) is 1.87. The molecule has 0 fully saturated rings. The summed E-state index contributed by atoms with van der Waals surface area (Å²) in [6, 6.07) is 18.3. The Kier molecular flexibility index (Phi) is 4.01. The fourth-order valence-electron chi connectivity index (χ4n) is 2.93. The van der Waals surface area contributed by atoms with Crippen molar-refractivity contribution in [1.29, 1.82) is 0 Å². The molecule has 6 nitrogen and oxygen atoms in total. The van der Waals surface area contributed by atoms with Gasteiger partial charge in [0, 0.05) is 17.2 Å². The van der Waals surface area contributed by atoms with Crippen LogP contribution < -0.4 is 0 Å². The van der Waals surface area contributed by atoms with Crippen molar-refractivity contribution in [3.63, 3.8) is 0 Å². The lowest BCUT2D eigenvalue weighted by atomic mass is 10.1. The number of aliphatic imine (C=N–C) groups is 1. The van der Waals surface area contributed by atoms with E-state index in [1.54, 1.807) is 19.1 Å². The molecule has 1 aliphatic heterocycles. The van der Waals surface area contributed by atoms with Crippen LogP contribution >= 0.6 is 0 Å². The van der Waals surface area contributed by atoms with E-state index in [1.165, 1.54) is 12.1 Å². The smallest absolute Gasteiger partial charge is 0.363 e. The zero-order valence-corrected chi connectivity index (χ0v) is 14.4. The average molecular weight is 358 g/mol. The number of hydrogen-bond acceptors (Lipinski definition) is 5. The maximum absolute atomic E-state index is 12.2. The molecule has 3 aromatic rings. The van der Waals surface area contributed by atoms with E-state index in [2.05, 4.69) is 4.99 Å².